The Bertz CT molecular complexity index is 2420. The van der Waals surface area contributed by atoms with Crippen LogP contribution in [0.2, 0.25) is 18.1 Å². The predicted octanol–water partition coefficient (Wildman–Crippen LogP) is 10.5. The van der Waals surface area contributed by atoms with Gasteiger partial charge in [0.05, 0.1) is 23.4 Å². The highest BCUT2D eigenvalue weighted by Gasteiger charge is 2.40. The highest BCUT2D eigenvalue weighted by atomic mass is 28.4. The van der Waals surface area contributed by atoms with Gasteiger partial charge in [0, 0.05) is 49.2 Å². The third kappa shape index (κ3) is 14.7. The number of rotatable bonds is 18. The monoisotopic (exact) mass is 968 g/mol. The molecule has 2 aliphatic rings. The fourth-order valence-electron chi connectivity index (χ4n) is 9.36. The van der Waals surface area contributed by atoms with Crippen molar-refractivity contribution in [1.29, 1.82) is 0 Å². The summed E-state index contributed by atoms with van der Waals surface area (Å²) < 4.78 is 18.6. The van der Waals surface area contributed by atoms with E-state index in [1.807, 2.05) is 75.4 Å². The van der Waals surface area contributed by atoms with E-state index in [1.54, 1.807) is 24.1 Å². The van der Waals surface area contributed by atoms with Crippen molar-refractivity contribution < 1.29 is 38.5 Å². The number of carbonyl (C=O) groups is 3. The SMILES string of the molecule is CN(CCCc1ccc(-c2ccccc2)c(N(C(=O)O)C2CCC(NC(=O)OC(C)(C)C)CC2)c1)C(=O)CO[C@H]1CC[C@H](CNC[C@H](O[Si](C)(C)C(C)(C)C)c2ccc(O)c3[nH]c(=O)ccc23)CC1. The lowest BCUT2D eigenvalue weighted by Crippen LogP contribution is -2.47. The number of nitrogens with one attached hydrogen (secondary N) is 3. The molecular formula is C54H77N5O9Si. The first kappa shape index (κ1) is 53.1. The lowest BCUT2D eigenvalue weighted by molar-refractivity contribution is -0.137. The number of likely N-dealkylation sites (N-methyl/N-ethyl adjacent to an activating group) is 1. The van der Waals surface area contributed by atoms with Crippen molar-refractivity contribution in [3.05, 3.63) is 94.3 Å². The number of hydrogen-bond acceptors (Lipinski definition) is 9. The number of anilines is 1. The molecule has 0 unspecified atom stereocenters. The maximum atomic E-state index is 13.3. The molecule has 2 fully saturated rings. The second-order valence-corrected chi connectivity index (χ2v) is 26.5. The molecule has 0 saturated heterocycles. The van der Waals surface area contributed by atoms with Crippen LogP contribution in [0.25, 0.3) is 22.0 Å². The van der Waals surface area contributed by atoms with Crippen molar-refractivity contribution in [2.45, 2.75) is 154 Å². The number of pyridine rings is 1. The number of aryl methyl sites for hydroxylation is 1. The number of aromatic nitrogens is 1. The number of H-pyrrole nitrogens is 1. The topological polar surface area (TPSA) is 183 Å². The van der Waals surface area contributed by atoms with Crippen molar-refractivity contribution >= 4 is 43.0 Å². The maximum Gasteiger partial charge on any atom is 0.412 e. The molecule has 0 spiro atoms. The van der Waals surface area contributed by atoms with Crippen molar-refractivity contribution in [3.63, 3.8) is 0 Å². The van der Waals surface area contributed by atoms with Gasteiger partial charge < -0.3 is 44.6 Å². The number of carboxylic acid groups (broad SMARTS) is 1. The normalized spacial score (nSPS) is 19.4. The molecule has 3 aromatic carbocycles. The van der Waals surface area contributed by atoms with E-state index in [9.17, 15) is 29.4 Å². The van der Waals surface area contributed by atoms with Crippen LogP contribution < -0.4 is 21.1 Å². The number of alkyl carbamates (subject to hydrolysis) is 1. The summed E-state index contributed by atoms with van der Waals surface area (Å²) in [5.41, 5.74) is 3.87. The number of fused-ring (bicyclic) bond motifs is 1. The average Bonchev–Trinajstić information content (AvgIpc) is 3.28. The minimum Gasteiger partial charge on any atom is -0.506 e. The molecule has 376 valence electrons. The fraction of sp³-hybridized carbons (Fsp3) is 0.556. The van der Waals surface area contributed by atoms with Crippen LogP contribution in [0.15, 0.2) is 77.6 Å². The minimum atomic E-state index is -2.20. The van der Waals surface area contributed by atoms with Crippen LogP contribution in [0.5, 0.6) is 5.75 Å². The summed E-state index contributed by atoms with van der Waals surface area (Å²) in [6.45, 7) is 18.6. The molecule has 0 bridgehead atoms. The quantitative estimate of drug-likeness (QED) is 0.0602. The van der Waals surface area contributed by atoms with E-state index in [0.29, 0.717) is 68.7 Å². The zero-order chi connectivity index (χ0) is 50.1. The van der Waals surface area contributed by atoms with Crippen molar-refractivity contribution in [2.24, 2.45) is 5.92 Å². The van der Waals surface area contributed by atoms with E-state index in [4.69, 9.17) is 13.9 Å². The molecule has 14 nitrogen and oxygen atoms in total. The Morgan fingerprint density at radius 1 is 0.884 bits per heavy atom. The van der Waals surface area contributed by atoms with Gasteiger partial charge in [-0.05, 0) is 150 Å². The zero-order valence-corrected chi connectivity index (χ0v) is 43.4. The third-order valence-electron chi connectivity index (χ3n) is 14.3. The largest absolute Gasteiger partial charge is 0.506 e. The van der Waals surface area contributed by atoms with E-state index in [-0.39, 0.29) is 53.2 Å². The number of aromatic amines is 1. The summed E-state index contributed by atoms with van der Waals surface area (Å²) >= 11 is 0. The number of aromatic hydroxyl groups is 1. The molecule has 3 amide bonds. The molecule has 0 aliphatic heterocycles. The molecule has 5 N–H and O–H groups in total. The molecule has 15 heteroatoms. The van der Waals surface area contributed by atoms with Gasteiger partial charge in [-0.2, -0.15) is 0 Å². The van der Waals surface area contributed by atoms with Gasteiger partial charge >= 0.3 is 12.2 Å². The number of amides is 3. The number of phenols is 1. The lowest BCUT2D eigenvalue weighted by Gasteiger charge is -2.40. The smallest absolute Gasteiger partial charge is 0.412 e. The predicted molar refractivity (Wildman–Crippen MR) is 276 cm³/mol. The van der Waals surface area contributed by atoms with Crippen LogP contribution in [0.1, 0.15) is 117 Å². The van der Waals surface area contributed by atoms with Gasteiger partial charge in [0.2, 0.25) is 11.5 Å². The molecular weight excluding hydrogens is 891 g/mol. The summed E-state index contributed by atoms with van der Waals surface area (Å²) in [6.07, 6.45) is 5.83. The molecule has 1 heterocycles. The molecule has 6 rings (SSSR count). The standard InChI is InChI=1S/C54H77N5O9Si/c1-53(2,3)67-51(63)56-39-20-22-40(23-21-39)59(52(64)65)45-32-36(19-26-42(45)38-15-11-10-12-16-38)14-13-31-58(7)49(62)35-66-41-24-17-37(18-25-41)33-55-34-47(68-69(8,9)54(4,5)6)43-27-29-46(60)50-44(43)28-30-48(61)57-50/h10-12,15-16,19,26-30,32,37,39-41,47,55,60H,13-14,17-18,20-25,31,33-35H2,1-9H3,(H,56,63)(H,57,61)(H,64,65)/t37-,39?,40?,41-,47-/m0/s1. The Hall–Kier alpha value is -5.22. The van der Waals surface area contributed by atoms with Crippen LogP contribution in [0.3, 0.4) is 0 Å². The number of nitrogens with zero attached hydrogens (tertiary/aromatic N) is 2. The van der Waals surface area contributed by atoms with Gasteiger partial charge in [-0.3, -0.25) is 14.5 Å². The van der Waals surface area contributed by atoms with E-state index >= 15 is 0 Å². The molecule has 0 radical (unpaired) electrons. The van der Waals surface area contributed by atoms with Gasteiger partial charge in [0.15, 0.2) is 8.32 Å². The average molecular weight is 968 g/mol. The van der Waals surface area contributed by atoms with Gasteiger partial charge in [-0.25, -0.2) is 9.59 Å². The first-order chi connectivity index (χ1) is 32.6. The van der Waals surface area contributed by atoms with Gasteiger partial charge in [-0.15, -0.1) is 0 Å². The molecule has 1 atom stereocenters. The van der Waals surface area contributed by atoms with E-state index in [2.05, 4.69) is 49.5 Å². The van der Waals surface area contributed by atoms with Crippen LogP contribution in [0.4, 0.5) is 15.3 Å². The van der Waals surface area contributed by atoms with Crippen LogP contribution in [0, 0.1) is 5.92 Å². The van der Waals surface area contributed by atoms with E-state index < -0.39 is 26.1 Å². The third-order valence-corrected chi connectivity index (χ3v) is 18.8. The number of ether oxygens (including phenoxy) is 2. The zero-order valence-electron chi connectivity index (χ0n) is 42.4. The molecule has 69 heavy (non-hydrogen) atoms. The lowest BCUT2D eigenvalue weighted by atomic mass is 9.87. The summed E-state index contributed by atoms with van der Waals surface area (Å²) in [7, 11) is -0.395. The van der Waals surface area contributed by atoms with E-state index in [1.165, 1.54) is 11.0 Å². The Labute approximate surface area is 409 Å². The Morgan fingerprint density at radius 2 is 1.58 bits per heavy atom. The highest BCUT2D eigenvalue weighted by molar-refractivity contribution is 6.74. The first-order valence-electron chi connectivity index (χ1n) is 24.9. The van der Waals surface area contributed by atoms with Gasteiger partial charge in [0.1, 0.15) is 18.0 Å². The first-order valence-corrected chi connectivity index (χ1v) is 27.8. The van der Waals surface area contributed by atoms with Crippen LogP contribution in [-0.4, -0.2) is 104 Å². The summed E-state index contributed by atoms with van der Waals surface area (Å²) in [4.78, 5) is 57.0. The summed E-state index contributed by atoms with van der Waals surface area (Å²) in [5, 5.41) is 28.7. The van der Waals surface area contributed by atoms with Crippen molar-refractivity contribution in [3.8, 4) is 16.9 Å². The molecule has 1 aromatic heterocycles. The second kappa shape index (κ2) is 23.1. The molecule has 2 aliphatic carbocycles. The number of hydrogen-bond donors (Lipinski definition) is 5. The Kier molecular flexibility index (Phi) is 17.8. The van der Waals surface area contributed by atoms with Gasteiger partial charge in [-0.1, -0.05) is 69.3 Å². The maximum absolute atomic E-state index is 13.3. The Balaban J connectivity index is 0.978. The minimum absolute atomic E-state index is 0.0113. The number of carbonyl (C=O) groups excluding carboxylic acids is 2. The highest BCUT2D eigenvalue weighted by Crippen LogP contribution is 2.42. The van der Waals surface area contributed by atoms with Crippen LogP contribution in [-0.2, 0) is 25.1 Å². The van der Waals surface area contributed by atoms with E-state index in [0.717, 1.165) is 59.9 Å². The fourth-order valence-corrected chi connectivity index (χ4v) is 10.6. The summed E-state index contributed by atoms with van der Waals surface area (Å²) in [6, 6.07) is 22.3. The van der Waals surface area contributed by atoms with Crippen LogP contribution >= 0.6 is 0 Å². The molecule has 2 saturated carbocycles. The molecule has 4 aromatic rings. The number of benzene rings is 3. The second-order valence-electron chi connectivity index (χ2n) is 21.7. The van der Waals surface area contributed by atoms with Gasteiger partial charge in [0.25, 0.3) is 0 Å². The Morgan fingerprint density at radius 3 is 2.23 bits per heavy atom. The number of phenolic OH excluding ortho intramolecular Hbond substituents is 1. The summed E-state index contributed by atoms with van der Waals surface area (Å²) in [5.74, 6) is 0.424. The van der Waals surface area contributed by atoms with Crippen molar-refractivity contribution in [2.75, 3.05) is 38.2 Å². The van der Waals surface area contributed by atoms with Crippen molar-refractivity contribution in [1.82, 2.24) is 20.5 Å².